The minimum atomic E-state index is -4.57. The Morgan fingerprint density at radius 3 is 2.14 bits per heavy atom. The zero-order chi connectivity index (χ0) is 20.6. The lowest BCUT2D eigenvalue weighted by Crippen LogP contribution is -2.53. The first-order valence-electron chi connectivity index (χ1n) is 8.07. The topological polar surface area (TPSA) is 116 Å². The van der Waals surface area contributed by atoms with Crippen molar-refractivity contribution in [3.8, 4) is 0 Å². The first-order chi connectivity index (χ1) is 13.2. The Morgan fingerprint density at radius 1 is 1.04 bits per heavy atom. The third-order valence-corrected chi connectivity index (χ3v) is 5.73. The number of hydrazine groups is 1. The van der Waals surface area contributed by atoms with Crippen molar-refractivity contribution in [2.45, 2.75) is 18.7 Å². The quantitative estimate of drug-likeness (QED) is 0.589. The molecular formula is C18H16N3O6S+. The number of aliphatic hydroxyl groups is 1. The highest BCUT2D eigenvalue weighted by Gasteiger charge is 2.52. The lowest BCUT2D eigenvalue weighted by atomic mass is 10.2. The molecule has 3 rings (SSSR count). The molecule has 2 aromatic rings. The van der Waals surface area contributed by atoms with E-state index in [-0.39, 0.29) is 14.3 Å². The third kappa shape index (κ3) is 3.03. The predicted molar refractivity (Wildman–Crippen MR) is 95.2 cm³/mol. The Morgan fingerprint density at radius 2 is 1.61 bits per heavy atom. The molecule has 1 aliphatic heterocycles. The Kier molecular flexibility index (Phi) is 4.73. The molecule has 9 nitrogen and oxygen atoms in total. The molecule has 0 unspecified atom stereocenters. The summed E-state index contributed by atoms with van der Waals surface area (Å²) in [6.45, 7) is 2.65. The summed E-state index contributed by atoms with van der Waals surface area (Å²) in [5.74, 6) is -4.52. The number of aliphatic hydroxyl groups excluding tert-OH is 1. The van der Waals surface area contributed by atoms with Crippen molar-refractivity contribution in [1.29, 1.82) is 0 Å². The summed E-state index contributed by atoms with van der Waals surface area (Å²) in [7, 11) is -4.57. The van der Waals surface area contributed by atoms with Crippen LogP contribution in [0.15, 0.2) is 65.5 Å². The number of hydrogen-bond acceptors (Lipinski definition) is 6. The summed E-state index contributed by atoms with van der Waals surface area (Å²) in [4.78, 5) is 37.2. The van der Waals surface area contributed by atoms with Gasteiger partial charge in [0.25, 0.3) is 21.7 Å². The van der Waals surface area contributed by atoms with Crippen molar-refractivity contribution < 1.29 is 32.5 Å². The van der Waals surface area contributed by atoms with E-state index >= 15 is 0 Å². The van der Waals surface area contributed by atoms with Gasteiger partial charge in [-0.2, -0.15) is 18.0 Å². The van der Waals surface area contributed by atoms with E-state index in [0.717, 1.165) is 17.1 Å². The molecule has 0 radical (unpaired) electrons. The van der Waals surface area contributed by atoms with Crippen molar-refractivity contribution in [3.05, 3.63) is 66.2 Å². The number of aromatic nitrogens is 1. The summed E-state index contributed by atoms with van der Waals surface area (Å²) in [6, 6.07) is 10.3. The maximum atomic E-state index is 13.0. The minimum Gasteiger partial charge on any atom is -0.498 e. The van der Waals surface area contributed by atoms with Crippen LogP contribution in [-0.2, 0) is 24.4 Å². The van der Waals surface area contributed by atoms with Gasteiger partial charge in [-0.1, -0.05) is 23.8 Å². The van der Waals surface area contributed by atoms with Gasteiger partial charge in [-0.05, 0) is 19.1 Å². The van der Waals surface area contributed by atoms with Gasteiger partial charge in [-0.25, -0.2) is 0 Å². The number of hydrogen-bond donors (Lipinski definition) is 1. The Labute approximate surface area is 160 Å². The number of rotatable bonds is 4. The second-order valence-electron chi connectivity index (χ2n) is 5.98. The van der Waals surface area contributed by atoms with Crippen LogP contribution in [0.2, 0.25) is 0 Å². The van der Waals surface area contributed by atoms with Gasteiger partial charge in [0.1, 0.15) is 0 Å². The number of nitrogens with zero attached hydrogens (tertiary/aromatic N) is 3. The molecule has 1 aromatic heterocycles. The maximum absolute atomic E-state index is 13.0. The lowest BCUT2D eigenvalue weighted by molar-refractivity contribution is -0.578. The van der Waals surface area contributed by atoms with Gasteiger partial charge in [0, 0.05) is 19.1 Å². The number of amides is 3. The fourth-order valence-electron chi connectivity index (χ4n) is 2.67. The monoisotopic (exact) mass is 402 g/mol. The molecule has 0 saturated heterocycles. The number of benzene rings is 1. The van der Waals surface area contributed by atoms with Gasteiger partial charge < -0.3 is 5.11 Å². The van der Waals surface area contributed by atoms with Crippen LogP contribution in [0.5, 0.6) is 0 Å². The predicted octanol–water partition coefficient (Wildman–Crippen LogP) is 0.530. The molecule has 2 heterocycles. The van der Waals surface area contributed by atoms with Crippen molar-refractivity contribution >= 4 is 33.4 Å². The van der Waals surface area contributed by atoms with Crippen LogP contribution < -0.4 is 4.57 Å². The van der Waals surface area contributed by atoms with Gasteiger partial charge in [-0.3, -0.25) is 14.4 Å². The van der Waals surface area contributed by atoms with Crippen molar-refractivity contribution in [1.82, 2.24) is 9.42 Å². The molecule has 0 fully saturated rings. The summed E-state index contributed by atoms with van der Waals surface area (Å²) in [5.41, 5.74) is 0.319. The number of pyridine rings is 1. The van der Waals surface area contributed by atoms with Crippen LogP contribution in [0.3, 0.4) is 0 Å². The highest BCUT2D eigenvalue weighted by molar-refractivity contribution is 7.89. The number of carbonyl (C=O) groups is 3. The average Bonchev–Trinajstić information content (AvgIpc) is 2.86. The van der Waals surface area contributed by atoms with Crippen LogP contribution in [-0.4, -0.2) is 40.7 Å². The van der Waals surface area contributed by atoms with Gasteiger partial charge >= 0.3 is 17.5 Å². The molecule has 10 heteroatoms. The third-order valence-electron chi connectivity index (χ3n) is 3.99. The van der Waals surface area contributed by atoms with Crippen LogP contribution in [0.4, 0.5) is 0 Å². The molecule has 1 N–H and O–H groups in total. The second-order valence-corrected chi connectivity index (χ2v) is 7.75. The summed E-state index contributed by atoms with van der Waals surface area (Å²) in [5, 5.41) is 10.3. The van der Waals surface area contributed by atoms with Crippen LogP contribution >= 0.6 is 0 Å². The molecular weight excluding hydrogens is 386 g/mol. The largest absolute Gasteiger partial charge is 0.498 e. The maximum Gasteiger partial charge on any atom is 0.350 e. The van der Waals surface area contributed by atoms with Crippen LogP contribution in [0.1, 0.15) is 12.5 Å². The van der Waals surface area contributed by atoms with Gasteiger partial charge in [-0.15, -0.1) is 4.41 Å². The number of imide groups is 1. The molecule has 1 aromatic carbocycles. The second kappa shape index (κ2) is 6.89. The molecule has 0 bridgehead atoms. The SMILES string of the molecule is CC(=O)N(N1C(=O)C(O)=C([n+]2ccccc2)C1=O)S(=O)(=O)c1ccc(C)cc1. The van der Waals surface area contributed by atoms with Gasteiger partial charge in [0.2, 0.25) is 0 Å². The fourth-order valence-corrected chi connectivity index (χ4v) is 4.05. The van der Waals surface area contributed by atoms with Crippen LogP contribution in [0.25, 0.3) is 5.70 Å². The number of aryl methyl sites for hydroxylation is 1. The zero-order valence-corrected chi connectivity index (χ0v) is 15.8. The first kappa shape index (κ1) is 19.2. The summed E-state index contributed by atoms with van der Waals surface area (Å²) >= 11 is 0. The van der Waals surface area contributed by atoms with Crippen LogP contribution in [0, 0.1) is 6.92 Å². The van der Waals surface area contributed by atoms with Gasteiger partial charge in [0.05, 0.1) is 4.90 Å². The van der Waals surface area contributed by atoms with E-state index in [4.69, 9.17) is 0 Å². The standard InChI is InChI=1S/C18H15N3O6S/c1-12-6-8-14(9-7-12)28(26,27)21(13(2)22)20-17(24)15(16(23)18(20)25)19-10-4-3-5-11-19/h3-11H,1-2H3/p+1. The van der Waals surface area contributed by atoms with E-state index in [1.807, 2.05) is 0 Å². The average molecular weight is 402 g/mol. The van der Waals surface area contributed by atoms with E-state index in [9.17, 15) is 27.9 Å². The molecule has 28 heavy (non-hydrogen) atoms. The van der Waals surface area contributed by atoms with Crippen molar-refractivity contribution in [2.75, 3.05) is 0 Å². The summed E-state index contributed by atoms with van der Waals surface area (Å²) < 4.78 is 27.2. The highest BCUT2D eigenvalue weighted by Crippen LogP contribution is 2.26. The molecule has 0 spiro atoms. The Bertz CT molecular complexity index is 1110. The molecule has 144 valence electrons. The fraction of sp³-hybridized carbons (Fsp3) is 0.111. The van der Waals surface area contributed by atoms with Crippen molar-refractivity contribution in [2.24, 2.45) is 0 Å². The van der Waals surface area contributed by atoms with Crippen molar-refractivity contribution in [3.63, 3.8) is 0 Å². The van der Waals surface area contributed by atoms with E-state index < -0.39 is 39.2 Å². The Hall–Kier alpha value is -3.53. The highest BCUT2D eigenvalue weighted by atomic mass is 32.2. The number of sulfonamides is 1. The smallest absolute Gasteiger partial charge is 0.350 e. The van der Waals surface area contributed by atoms with E-state index in [2.05, 4.69) is 0 Å². The Balaban J connectivity index is 2.10. The van der Waals surface area contributed by atoms with E-state index in [0.29, 0.717) is 0 Å². The molecule has 3 amide bonds. The molecule has 0 atom stereocenters. The first-order valence-corrected chi connectivity index (χ1v) is 9.51. The minimum absolute atomic E-state index is 0.0645. The normalized spacial score (nSPS) is 14.6. The van der Waals surface area contributed by atoms with Gasteiger partial charge in [0.15, 0.2) is 12.4 Å². The summed E-state index contributed by atoms with van der Waals surface area (Å²) in [6.07, 6.45) is 2.79. The molecule has 1 aliphatic rings. The van der Waals surface area contributed by atoms with E-state index in [1.54, 1.807) is 25.1 Å². The zero-order valence-electron chi connectivity index (χ0n) is 14.9. The van der Waals surface area contributed by atoms with E-state index in [1.165, 1.54) is 36.7 Å². The lowest BCUT2D eigenvalue weighted by Gasteiger charge is -2.27. The molecule has 0 saturated carbocycles. The number of carbonyl (C=O) groups excluding carboxylic acids is 3. The molecule has 0 aliphatic carbocycles.